The van der Waals surface area contributed by atoms with E-state index in [1.807, 2.05) is 0 Å². The lowest BCUT2D eigenvalue weighted by atomic mass is 10.2. The van der Waals surface area contributed by atoms with Crippen molar-refractivity contribution in [3.63, 3.8) is 0 Å². The molecule has 0 radical (unpaired) electrons. The van der Waals surface area contributed by atoms with E-state index in [0.717, 1.165) is 0 Å². The van der Waals surface area contributed by atoms with Crippen molar-refractivity contribution >= 4 is 41.3 Å². The molecule has 7 heteroatoms. The van der Waals surface area contributed by atoms with Crippen molar-refractivity contribution in [3.05, 3.63) is 99.5 Å². The van der Waals surface area contributed by atoms with Crippen LogP contribution in [-0.4, -0.2) is 18.1 Å². The topological polar surface area (TPSA) is 67.8 Å². The fourth-order valence-corrected chi connectivity index (χ4v) is 2.59. The first-order valence-electron chi connectivity index (χ1n) is 8.18. The molecule has 0 bridgehead atoms. The van der Waals surface area contributed by atoms with E-state index in [1.54, 1.807) is 72.8 Å². The molecule has 0 saturated carbocycles. The van der Waals surface area contributed by atoms with E-state index in [0.29, 0.717) is 32.5 Å². The summed E-state index contributed by atoms with van der Waals surface area (Å²) < 4.78 is 5.35. The predicted molar refractivity (Wildman–Crippen MR) is 109 cm³/mol. The van der Waals surface area contributed by atoms with Gasteiger partial charge in [-0.15, -0.1) is 0 Å². The van der Waals surface area contributed by atoms with Gasteiger partial charge < -0.3 is 4.74 Å². The van der Waals surface area contributed by atoms with Crippen molar-refractivity contribution in [1.82, 2.24) is 5.43 Å². The molecular weight excluding hydrogens is 399 g/mol. The van der Waals surface area contributed by atoms with E-state index < -0.39 is 5.97 Å². The van der Waals surface area contributed by atoms with Crippen LogP contribution in [0.5, 0.6) is 5.75 Å². The number of hydrogen-bond acceptors (Lipinski definition) is 4. The summed E-state index contributed by atoms with van der Waals surface area (Å²) in [5.74, 6) is -0.533. The molecule has 1 amide bonds. The first-order valence-corrected chi connectivity index (χ1v) is 8.93. The van der Waals surface area contributed by atoms with Gasteiger partial charge in [-0.05, 0) is 60.2 Å². The molecule has 0 heterocycles. The van der Waals surface area contributed by atoms with Gasteiger partial charge in [0.1, 0.15) is 5.75 Å². The second-order valence-corrected chi connectivity index (χ2v) is 6.55. The van der Waals surface area contributed by atoms with E-state index in [4.69, 9.17) is 27.9 Å². The normalized spacial score (nSPS) is 10.6. The molecular formula is C21H14Cl2N2O3. The maximum absolute atomic E-state index is 12.2. The van der Waals surface area contributed by atoms with Gasteiger partial charge in [-0.1, -0.05) is 41.4 Å². The molecule has 5 nitrogen and oxygen atoms in total. The van der Waals surface area contributed by atoms with Gasteiger partial charge in [0, 0.05) is 15.6 Å². The van der Waals surface area contributed by atoms with E-state index in [-0.39, 0.29) is 5.91 Å². The van der Waals surface area contributed by atoms with E-state index in [2.05, 4.69) is 10.5 Å². The Balaban J connectivity index is 1.62. The lowest BCUT2D eigenvalue weighted by molar-refractivity contribution is 0.0734. The molecule has 0 aliphatic rings. The summed E-state index contributed by atoms with van der Waals surface area (Å²) in [6.45, 7) is 0. The number of ether oxygens (including phenoxy) is 1. The number of hydrazone groups is 1. The lowest BCUT2D eigenvalue weighted by Crippen LogP contribution is -2.17. The van der Waals surface area contributed by atoms with Crippen LogP contribution in [0, 0.1) is 0 Å². The van der Waals surface area contributed by atoms with Crippen molar-refractivity contribution in [2.75, 3.05) is 0 Å². The van der Waals surface area contributed by atoms with Crippen LogP contribution in [0.25, 0.3) is 0 Å². The summed E-state index contributed by atoms with van der Waals surface area (Å²) in [6, 6.07) is 19.7. The average Bonchev–Trinajstić information content (AvgIpc) is 2.68. The third-order valence-corrected chi connectivity index (χ3v) is 4.10. The molecule has 28 heavy (non-hydrogen) atoms. The van der Waals surface area contributed by atoms with Crippen LogP contribution in [0.15, 0.2) is 77.9 Å². The first kappa shape index (κ1) is 19.6. The number of carbonyl (C=O) groups excluding carboxylic acids is 2. The van der Waals surface area contributed by atoms with Gasteiger partial charge >= 0.3 is 5.97 Å². The van der Waals surface area contributed by atoms with E-state index >= 15 is 0 Å². The lowest BCUT2D eigenvalue weighted by Gasteiger charge is -2.05. The van der Waals surface area contributed by atoms with Gasteiger partial charge in [-0.2, -0.15) is 5.10 Å². The highest BCUT2D eigenvalue weighted by Crippen LogP contribution is 2.16. The summed E-state index contributed by atoms with van der Waals surface area (Å²) in [6.07, 6.45) is 1.45. The Labute approximate surface area is 171 Å². The number of carbonyl (C=O) groups is 2. The van der Waals surface area contributed by atoms with Crippen molar-refractivity contribution in [2.24, 2.45) is 5.10 Å². The Morgan fingerprint density at radius 2 is 1.61 bits per heavy atom. The van der Waals surface area contributed by atoms with Gasteiger partial charge in [-0.3, -0.25) is 4.79 Å². The minimum Gasteiger partial charge on any atom is -0.423 e. The van der Waals surface area contributed by atoms with Crippen LogP contribution >= 0.6 is 23.2 Å². The molecule has 0 spiro atoms. The molecule has 3 aromatic rings. The highest BCUT2D eigenvalue weighted by atomic mass is 35.5. The molecule has 140 valence electrons. The van der Waals surface area contributed by atoms with Crippen LogP contribution in [0.2, 0.25) is 10.0 Å². The number of rotatable bonds is 5. The number of nitrogens with one attached hydrogen (secondary N) is 1. The Morgan fingerprint density at radius 3 is 2.36 bits per heavy atom. The number of hydrogen-bond donors (Lipinski definition) is 1. The maximum Gasteiger partial charge on any atom is 0.343 e. The quantitative estimate of drug-likeness (QED) is 0.278. The standard InChI is InChI=1S/C21H14Cl2N2O3/c22-17-9-7-15(8-10-17)21(27)28-19-6-1-3-14(11-19)13-24-25-20(26)16-4-2-5-18(23)12-16/h1-13H,(H,25,26)/b24-13+. The Bertz CT molecular complexity index is 1030. The Hall–Kier alpha value is -3.15. The zero-order valence-electron chi connectivity index (χ0n) is 14.4. The molecule has 0 atom stereocenters. The fourth-order valence-electron chi connectivity index (χ4n) is 2.27. The number of halogens is 2. The summed E-state index contributed by atoms with van der Waals surface area (Å²) >= 11 is 11.7. The summed E-state index contributed by atoms with van der Waals surface area (Å²) in [4.78, 5) is 24.2. The monoisotopic (exact) mass is 412 g/mol. The SMILES string of the molecule is O=C(N/N=C/c1cccc(OC(=O)c2ccc(Cl)cc2)c1)c1cccc(Cl)c1. The first-order chi connectivity index (χ1) is 13.5. The predicted octanol–water partition coefficient (Wildman–Crippen LogP) is 4.98. The van der Waals surface area contributed by atoms with Gasteiger partial charge in [0.2, 0.25) is 0 Å². The molecule has 0 aliphatic heterocycles. The largest absolute Gasteiger partial charge is 0.423 e. The zero-order valence-corrected chi connectivity index (χ0v) is 15.9. The highest BCUT2D eigenvalue weighted by Gasteiger charge is 2.09. The van der Waals surface area contributed by atoms with Crippen molar-refractivity contribution < 1.29 is 14.3 Å². The molecule has 0 saturated heterocycles. The second-order valence-electron chi connectivity index (χ2n) is 5.68. The van der Waals surface area contributed by atoms with Gasteiger partial charge in [0.05, 0.1) is 11.8 Å². The molecule has 0 unspecified atom stereocenters. The molecule has 1 N–H and O–H groups in total. The van der Waals surface area contributed by atoms with Crippen LogP contribution in [0.1, 0.15) is 26.3 Å². The molecule has 0 aromatic heterocycles. The molecule has 3 rings (SSSR count). The van der Waals surface area contributed by atoms with Crippen molar-refractivity contribution in [3.8, 4) is 5.75 Å². The minimum atomic E-state index is -0.500. The number of benzene rings is 3. The van der Waals surface area contributed by atoms with Crippen LogP contribution in [0.4, 0.5) is 0 Å². The molecule has 0 fully saturated rings. The van der Waals surface area contributed by atoms with E-state index in [1.165, 1.54) is 6.21 Å². The second kappa shape index (κ2) is 9.17. The Morgan fingerprint density at radius 1 is 0.857 bits per heavy atom. The fraction of sp³-hybridized carbons (Fsp3) is 0. The number of nitrogens with zero attached hydrogens (tertiary/aromatic N) is 1. The summed E-state index contributed by atoms with van der Waals surface area (Å²) in [7, 11) is 0. The smallest absolute Gasteiger partial charge is 0.343 e. The third-order valence-electron chi connectivity index (χ3n) is 3.62. The van der Waals surface area contributed by atoms with Gasteiger partial charge in [0.25, 0.3) is 5.91 Å². The van der Waals surface area contributed by atoms with E-state index in [9.17, 15) is 9.59 Å². The molecule has 3 aromatic carbocycles. The average molecular weight is 413 g/mol. The van der Waals surface area contributed by atoms with Crippen LogP contribution in [-0.2, 0) is 0 Å². The van der Waals surface area contributed by atoms with Gasteiger partial charge in [0.15, 0.2) is 0 Å². The molecule has 0 aliphatic carbocycles. The van der Waals surface area contributed by atoms with Crippen LogP contribution in [0.3, 0.4) is 0 Å². The van der Waals surface area contributed by atoms with Crippen molar-refractivity contribution in [1.29, 1.82) is 0 Å². The summed E-state index contributed by atoms with van der Waals surface area (Å²) in [5.41, 5.74) is 3.85. The minimum absolute atomic E-state index is 0.352. The highest BCUT2D eigenvalue weighted by molar-refractivity contribution is 6.31. The number of esters is 1. The van der Waals surface area contributed by atoms with Crippen LogP contribution < -0.4 is 10.2 Å². The zero-order chi connectivity index (χ0) is 19.9. The maximum atomic E-state index is 12.2. The number of amides is 1. The Kier molecular flexibility index (Phi) is 6.42. The summed E-state index contributed by atoms with van der Waals surface area (Å²) in [5, 5.41) is 4.91. The van der Waals surface area contributed by atoms with Gasteiger partial charge in [-0.25, -0.2) is 10.2 Å². The van der Waals surface area contributed by atoms with Crippen molar-refractivity contribution in [2.45, 2.75) is 0 Å². The third kappa shape index (κ3) is 5.42.